The molecule has 1 atom stereocenters. The maximum Gasteiger partial charge on any atom is 0.409 e. The predicted octanol–water partition coefficient (Wildman–Crippen LogP) is 3.74. The van der Waals surface area contributed by atoms with E-state index in [0.29, 0.717) is 26.2 Å². The van der Waals surface area contributed by atoms with Crippen LogP contribution in [0, 0.1) is 11.6 Å². The molecule has 1 aromatic carbocycles. The van der Waals surface area contributed by atoms with Crippen LogP contribution in [0.5, 0.6) is 0 Å². The molecule has 10 heteroatoms. The Balaban J connectivity index is 1.58. The Morgan fingerprint density at radius 2 is 2.20 bits per heavy atom. The number of unbranched alkanes of at least 4 members (excludes halogenated alkanes) is 1. The van der Waals surface area contributed by atoms with E-state index in [1.54, 1.807) is 17.2 Å². The van der Waals surface area contributed by atoms with Crippen molar-refractivity contribution in [2.24, 2.45) is 0 Å². The normalized spacial score (nSPS) is 17.0. The maximum atomic E-state index is 14.4. The summed E-state index contributed by atoms with van der Waals surface area (Å²) in [6.07, 6.45) is 4.57. The highest BCUT2D eigenvalue weighted by atomic mass is 19.2. The summed E-state index contributed by atoms with van der Waals surface area (Å²) in [7, 11) is 0. The second-order valence-electron chi connectivity index (χ2n) is 7.27. The number of hydrogen-bond donors (Lipinski definition) is 0. The van der Waals surface area contributed by atoms with Crippen molar-refractivity contribution in [2.75, 3.05) is 31.1 Å². The highest BCUT2D eigenvalue weighted by Gasteiger charge is 2.31. The summed E-state index contributed by atoms with van der Waals surface area (Å²) in [5.74, 6) is -2.10. The highest BCUT2D eigenvalue weighted by molar-refractivity contribution is 5.84. The van der Waals surface area contributed by atoms with Crippen molar-refractivity contribution >= 4 is 23.2 Å². The number of benzene rings is 1. The van der Waals surface area contributed by atoms with E-state index in [9.17, 15) is 13.6 Å². The minimum atomic E-state index is -1.07. The van der Waals surface area contributed by atoms with Gasteiger partial charge in [-0.05, 0) is 19.4 Å². The van der Waals surface area contributed by atoms with Crippen molar-refractivity contribution in [3.05, 3.63) is 36.2 Å². The summed E-state index contributed by atoms with van der Waals surface area (Å²) in [5, 5.41) is 4.07. The molecule has 3 aromatic rings. The van der Waals surface area contributed by atoms with Gasteiger partial charge in [0, 0.05) is 44.1 Å². The molecule has 30 heavy (non-hydrogen) atoms. The molecule has 0 saturated carbocycles. The fourth-order valence-electron chi connectivity index (χ4n) is 3.50. The maximum absolute atomic E-state index is 14.4. The lowest BCUT2D eigenvalue weighted by molar-refractivity contribution is 0.0939. The number of amides is 1. The molecule has 1 amide bonds. The summed E-state index contributed by atoms with van der Waals surface area (Å²) in [5.41, 5.74) is 0.184. The molecule has 0 N–H and O–H groups in total. The largest absolute Gasteiger partial charge is 0.449 e. The summed E-state index contributed by atoms with van der Waals surface area (Å²) in [6.45, 7) is 5.59. The van der Waals surface area contributed by atoms with Crippen LogP contribution in [0.2, 0.25) is 0 Å². The number of oxazole rings is 1. The van der Waals surface area contributed by atoms with Crippen LogP contribution in [-0.2, 0) is 4.74 Å². The van der Waals surface area contributed by atoms with E-state index in [-0.39, 0.29) is 34.9 Å². The van der Waals surface area contributed by atoms with Gasteiger partial charge in [0.1, 0.15) is 5.69 Å². The van der Waals surface area contributed by atoms with Gasteiger partial charge >= 0.3 is 6.09 Å². The van der Waals surface area contributed by atoms with Gasteiger partial charge in [-0.2, -0.15) is 10.1 Å². The number of nitrogens with zero attached hydrogens (tertiary/aromatic N) is 5. The highest BCUT2D eigenvalue weighted by Crippen LogP contribution is 2.32. The van der Waals surface area contributed by atoms with Gasteiger partial charge in [0.25, 0.3) is 6.01 Å². The first-order valence-electron chi connectivity index (χ1n) is 9.96. The molecule has 1 aliphatic heterocycles. The first-order chi connectivity index (χ1) is 14.5. The van der Waals surface area contributed by atoms with Crippen LogP contribution in [0.15, 0.2) is 28.9 Å². The van der Waals surface area contributed by atoms with Crippen LogP contribution < -0.4 is 4.90 Å². The molecule has 4 rings (SSSR count). The topological polar surface area (TPSA) is 76.6 Å². The van der Waals surface area contributed by atoms with E-state index in [0.717, 1.165) is 18.9 Å². The smallest absolute Gasteiger partial charge is 0.409 e. The molecule has 0 bridgehead atoms. The van der Waals surface area contributed by atoms with Crippen molar-refractivity contribution in [2.45, 2.75) is 32.7 Å². The molecule has 1 unspecified atom stereocenters. The molecular formula is C20H23F2N5O3. The van der Waals surface area contributed by atoms with Gasteiger partial charge in [-0.25, -0.2) is 18.3 Å². The number of hydrogen-bond acceptors (Lipinski definition) is 6. The molecule has 3 heterocycles. The molecule has 1 aliphatic rings. The number of carbonyl (C=O) groups is 1. The van der Waals surface area contributed by atoms with Crippen LogP contribution in [0.25, 0.3) is 16.8 Å². The average Bonchev–Trinajstić information content (AvgIpc) is 3.41. The number of halogens is 2. The van der Waals surface area contributed by atoms with E-state index in [4.69, 9.17) is 9.15 Å². The fourth-order valence-corrected chi connectivity index (χ4v) is 3.50. The molecule has 160 valence electrons. The predicted molar refractivity (Wildman–Crippen MR) is 106 cm³/mol. The molecule has 0 aliphatic carbocycles. The van der Waals surface area contributed by atoms with E-state index in [1.165, 1.54) is 10.9 Å². The number of rotatable bonds is 5. The molecule has 1 saturated heterocycles. The van der Waals surface area contributed by atoms with Crippen molar-refractivity contribution in [1.82, 2.24) is 19.7 Å². The van der Waals surface area contributed by atoms with Crippen LogP contribution in [0.3, 0.4) is 0 Å². The number of fused-ring (bicyclic) bond motifs is 1. The van der Waals surface area contributed by atoms with Gasteiger partial charge in [0.2, 0.25) is 0 Å². The van der Waals surface area contributed by atoms with E-state index in [2.05, 4.69) is 10.1 Å². The SMILES string of the molecule is CCCCOC(=O)N1CCN(c2nc3c(F)c(F)cc(-n4cccn4)c3o2)C(C)C1. The van der Waals surface area contributed by atoms with Crippen LogP contribution in [0.4, 0.5) is 19.6 Å². The number of piperazine rings is 1. The molecule has 8 nitrogen and oxygen atoms in total. The monoisotopic (exact) mass is 419 g/mol. The van der Waals surface area contributed by atoms with Gasteiger partial charge in [-0.1, -0.05) is 13.3 Å². The Morgan fingerprint density at radius 1 is 1.37 bits per heavy atom. The summed E-state index contributed by atoms with van der Waals surface area (Å²) in [6, 6.07) is 2.74. The van der Waals surface area contributed by atoms with Gasteiger partial charge in [-0.15, -0.1) is 0 Å². The quantitative estimate of drug-likeness (QED) is 0.587. The van der Waals surface area contributed by atoms with Crippen molar-refractivity contribution in [1.29, 1.82) is 0 Å². The third-order valence-electron chi connectivity index (χ3n) is 5.14. The van der Waals surface area contributed by atoms with E-state index >= 15 is 0 Å². The van der Waals surface area contributed by atoms with Gasteiger partial charge in [0.05, 0.1) is 6.61 Å². The fraction of sp³-hybridized carbons (Fsp3) is 0.450. The second-order valence-corrected chi connectivity index (χ2v) is 7.27. The second kappa shape index (κ2) is 8.29. The van der Waals surface area contributed by atoms with E-state index < -0.39 is 11.6 Å². The van der Waals surface area contributed by atoms with Crippen LogP contribution >= 0.6 is 0 Å². The Morgan fingerprint density at radius 3 is 2.90 bits per heavy atom. The Hall–Kier alpha value is -3.17. The lowest BCUT2D eigenvalue weighted by Gasteiger charge is -2.38. The minimum absolute atomic E-state index is 0.112. The van der Waals surface area contributed by atoms with Crippen molar-refractivity contribution in [3.8, 4) is 5.69 Å². The third kappa shape index (κ3) is 3.69. The number of aromatic nitrogens is 3. The molecule has 1 fully saturated rings. The number of carbonyl (C=O) groups excluding carboxylic acids is 1. The summed E-state index contributed by atoms with van der Waals surface area (Å²) in [4.78, 5) is 19.9. The average molecular weight is 419 g/mol. The lowest BCUT2D eigenvalue weighted by atomic mass is 10.2. The Kier molecular flexibility index (Phi) is 5.56. The summed E-state index contributed by atoms with van der Waals surface area (Å²) >= 11 is 0. The summed E-state index contributed by atoms with van der Waals surface area (Å²) < 4.78 is 41.1. The van der Waals surface area contributed by atoms with Crippen molar-refractivity contribution in [3.63, 3.8) is 0 Å². The minimum Gasteiger partial charge on any atom is -0.449 e. The van der Waals surface area contributed by atoms with Crippen LogP contribution in [-0.4, -0.2) is 58.0 Å². The first-order valence-corrected chi connectivity index (χ1v) is 9.96. The number of ether oxygens (including phenoxy) is 1. The zero-order valence-corrected chi connectivity index (χ0v) is 16.8. The number of anilines is 1. The molecular weight excluding hydrogens is 396 g/mol. The van der Waals surface area contributed by atoms with Crippen LogP contribution in [0.1, 0.15) is 26.7 Å². The van der Waals surface area contributed by atoms with Gasteiger partial charge in [-0.3, -0.25) is 0 Å². The zero-order valence-electron chi connectivity index (χ0n) is 16.8. The van der Waals surface area contributed by atoms with E-state index in [1.807, 2.05) is 18.7 Å². The van der Waals surface area contributed by atoms with Gasteiger partial charge < -0.3 is 19.0 Å². The Bertz CT molecular complexity index is 1040. The molecule has 2 aromatic heterocycles. The van der Waals surface area contributed by atoms with Crippen molar-refractivity contribution < 1.29 is 22.7 Å². The molecule has 0 spiro atoms. The Labute approximate surface area is 172 Å². The molecule has 0 radical (unpaired) electrons. The first kappa shape index (κ1) is 20.1. The zero-order chi connectivity index (χ0) is 21.3. The third-order valence-corrected chi connectivity index (χ3v) is 5.14. The lowest BCUT2D eigenvalue weighted by Crippen LogP contribution is -2.54. The van der Waals surface area contributed by atoms with Gasteiger partial charge in [0.15, 0.2) is 22.7 Å². The standard InChI is InChI=1S/C20H23F2N5O3/c1-3-4-10-29-20(28)25-8-9-26(13(2)12-25)19-24-17-16(22)14(21)11-15(18(17)30-19)27-7-5-6-23-27/h5-7,11,13H,3-4,8-10,12H2,1-2H3.